The highest BCUT2D eigenvalue weighted by atomic mass is 16.5. The van der Waals surface area contributed by atoms with Crippen molar-refractivity contribution in [2.24, 2.45) is 0 Å². The van der Waals surface area contributed by atoms with E-state index in [0.717, 1.165) is 0 Å². The van der Waals surface area contributed by atoms with Crippen molar-refractivity contribution in [3.05, 3.63) is 48.7 Å². The van der Waals surface area contributed by atoms with Gasteiger partial charge in [0.25, 0.3) is 11.7 Å². The number of pyridine rings is 1. The molecule has 1 fully saturated rings. The first-order chi connectivity index (χ1) is 12.3. The zero-order valence-electron chi connectivity index (χ0n) is 13.3. The van der Waals surface area contributed by atoms with Gasteiger partial charge in [-0.2, -0.15) is 4.98 Å². The molecule has 1 aliphatic rings. The fourth-order valence-electron chi connectivity index (χ4n) is 2.63. The summed E-state index contributed by atoms with van der Waals surface area (Å²) in [6.45, 7) is 0.925. The second-order valence-corrected chi connectivity index (χ2v) is 5.57. The second-order valence-electron chi connectivity index (χ2n) is 5.57. The lowest BCUT2D eigenvalue weighted by atomic mass is 10.1. The van der Waals surface area contributed by atoms with E-state index in [1.807, 2.05) is 12.1 Å². The number of nitrogens with one attached hydrogen (secondary N) is 1. The number of nitrogens with zero attached hydrogens (tertiary/aromatic N) is 5. The molecule has 25 heavy (non-hydrogen) atoms. The minimum atomic E-state index is -0.368. The Kier molecular flexibility index (Phi) is 4.21. The number of aromatic nitrogens is 5. The zero-order valence-corrected chi connectivity index (χ0v) is 13.3. The highest BCUT2D eigenvalue weighted by molar-refractivity contribution is 5.91. The van der Waals surface area contributed by atoms with Gasteiger partial charge in [-0.15, -0.1) is 5.10 Å². The van der Waals surface area contributed by atoms with Crippen molar-refractivity contribution in [3.8, 4) is 5.88 Å². The minimum Gasteiger partial charge on any atom is -0.470 e. The van der Waals surface area contributed by atoms with Crippen LogP contribution < -0.4 is 10.1 Å². The summed E-state index contributed by atoms with van der Waals surface area (Å²) in [4.78, 5) is 24.8. The Hall–Kier alpha value is -3.07. The fourth-order valence-corrected chi connectivity index (χ4v) is 2.63. The average Bonchev–Trinajstić information content (AvgIpc) is 3.09. The van der Waals surface area contributed by atoms with Crippen LogP contribution in [-0.2, 0) is 4.74 Å². The third-order valence-electron chi connectivity index (χ3n) is 3.85. The molecule has 3 aromatic heterocycles. The summed E-state index contributed by atoms with van der Waals surface area (Å²) in [5, 5.41) is 7.06. The summed E-state index contributed by atoms with van der Waals surface area (Å²) in [5.41, 5.74) is 0. The first-order valence-electron chi connectivity index (χ1n) is 7.93. The third kappa shape index (κ3) is 3.41. The summed E-state index contributed by atoms with van der Waals surface area (Å²) in [6.07, 6.45) is 5.24. The van der Waals surface area contributed by atoms with E-state index >= 15 is 0 Å². The third-order valence-corrected chi connectivity index (χ3v) is 3.85. The summed E-state index contributed by atoms with van der Waals surface area (Å²) in [5.74, 6) is 0.571. The number of hydrogen-bond donors (Lipinski definition) is 1. The number of carbonyl (C=O) groups excluding carboxylic acids is 1. The quantitative estimate of drug-likeness (QED) is 0.737. The number of ether oxygens (including phenoxy) is 2. The number of hydrogen-bond acceptors (Lipinski definition) is 7. The molecule has 128 valence electrons. The Bertz CT molecular complexity index is 835. The molecule has 1 saturated heterocycles. The van der Waals surface area contributed by atoms with Crippen molar-refractivity contribution in [2.75, 3.05) is 13.2 Å². The monoisotopic (exact) mass is 340 g/mol. The lowest BCUT2D eigenvalue weighted by molar-refractivity contribution is -0.0153. The molecule has 0 saturated carbocycles. The molecule has 0 aromatic carbocycles. The van der Waals surface area contributed by atoms with Gasteiger partial charge in [0.05, 0.1) is 12.6 Å². The molecule has 1 amide bonds. The second kappa shape index (κ2) is 6.81. The van der Waals surface area contributed by atoms with E-state index < -0.39 is 0 Å². The Morgan fingerprint density at radius 1 is 1.28 bits per heavy atom. The lowest BCUT2D eigenvalue weighted by Gasteiger charge is -2.31. The minimum absolute atomic E-state index is 0.0711. The molecule has 9 heteroatoms. The van der Waals surface area contributed by atoms with Crippen molar-refractivity contribution < 1.29 is 14.3 Å². The average molecular weight is 340 g/mol. The molecular weight excluding hydrogens is 324 g/mol. The predicted molar refractivity (Wildman–Crippen MR) is 86.1 cm³/mol. The normalized spacial score (nSPS) is 20.3. The van der Waals surface area contributed by atoms with Crippen LogP contribution in [0.5, 0.6) is 5.88 Å². The van der Waals surface area contributed by atoms with Gasteiger partial charge >= 0.3 is 0 Å². The van der Waals surface area contributed by atoms with Gasteiger partial charge in [-0.3, -0.25) is 4.79 Å². The molecule has 2 atom stereocenters. The first-order valence-corrected chi connectivity index (χ1v) is 7.93. The fraction of sp³-hybridized carbons (Fsp3) is 0.312. The lowest BCUT2D eigenvalue weighted by Crippen LogP contribution is -2.51. The first kappa shape index (κ1) is 15.5. The summed E-state index contributed by atoms with van der Waals surface area (Å²) in [7, 11) is 0. The largest absolute Gasteiger partial charge is 0.470 e. The molecule has 0 aliphatic carbocycles. The summed E-state index contributed by atoms with van der Waals surface area (Å²) >= 11 is 0. The number of amides is 1. The molecule has 0 spiro atoms. The van der Waals surface area contributed by atoms with Crippen LogP contribution in [0.4, 0.5) is 0 Å². The van der Waals surface area contributed by atoms with Gasteiger partial charge in [0, 0.05) is 31.3 Å². The number of rotatable bonds is 4. The van der Waals surface area contributed by atoms with Gasteiger partial charge < -0.3 is 14.8 Å². The highest BCUT2D eigenvalue weighted by Crippen LogP contribution is 2.15. The molecular formula is C16H16N6O3. The Morgan fingerprint density at radius 2 is 2.20 bits per heavy atom. The van der Waals surface area contributed by atoms with Crippen molar-refractivity contribution in [3.63, 3.8) is 0 Å². The predicted octanol–water partition coefficient (Wildman–Crippen LogP) is 0.486. The van der Waals surface area contributed by atoms with Crippen LogP contribution in [0.15, 0.2) is 42.9 Å². The van der Waals surface area contributed by atoms with E-state index in [9.17, 15) is 4.79 Å². The SMILES string of the molecule is O=C(N[C@@H]1CCOC[C@H]1Oc1ccccn1)c1nc2ncccn2n1. The van der Waals surface area contributed by atoms with Gasteiger partial charge in [-0.1, -0.05) is 6.07 Å². The van der Waals surface area contributed by atoms with Crippen LogP contribution in [0.3, 0.4) is 0 Å². The van der Waals surface area contributed by atoms with E-state index in [1.165, 1.54) is 4.52 Å². The van der Waals surface area contributed by atoms with Gasteiger partial charge in [0.15, 0.2) is 0 Å². The van der Waals surface area contributed by atoms with Crippen molar-refractivity contribution in [1.82, 2.24) is 29.9 Å². The summed E-state index contributed by atoms with van der Waals surface area (Å²) < 4.78 is 12.8. The standard InChI is InChI=1S/C16H16N6O3/c23-15(14-20-16-18-7-3-8-22(16)21-14)19-11-5-9-24-10-12(11)25-13-4-1-2-6-17-13/h1-4,6-8,11-12H,5,9-10H2,(H,19,23)/t11-,12-/m1/s1. The maximum absolute atomic E-state index is 12.5. The maximum Gasteiger partial charge on any atom is 0.291 e. The summed E-state index contributed by atoms with van der Waals surface area (Å²) in [6, 6.07) is 6.92. The highest BCUT2D eigenvalue weighted by Gasteiger charge is 2.30. The molecule has 3 aromatic rings. The van der Waals surface area contributed by atoms with Crippen molar-refractivity contribution in [2.45, 2.75) is 18.6 Å². The van der Waals surface area contributed by atoms with Crippen LogP contribution in [0.2, 0.25) is 0 Å². The van der Waals surface area contributed by atoms with Gasteiger partial charge in [0.1, 0.15) is 6.10 Å². The maximum atomic E-state index is 12.5. The van der Waals surface area contributed by atoms with Crippen LogP contribution in [0.25, 0.3) is 5.78 Å². The Balaban J connectivity index is 1.48. The Morgan fingerprint density at radius 3 is 3.04 bits per heavy atom. The van der Waals surface area contributed by atoms with E-state index in [-0.39, 0.29) is 23.9 Å². The molecule has 4 heterocycles. The van der Waals surface area contributed by atoms with E-state index in [2.05, 4.69) is 25.4 Å². The smallest absolute Gasteiger partial charge is 0.291 e. The zero-order chi connectivity index (χ0) is 17.1. The van der Waals surface area contributed by atoms with Crippen molar-refractivity contribution >= 4 is 11.7 Å². The molecule has 1 aliphatic heterocycles. The van der Waals surface area contributed by atoms with Crippen molar-refractivity contribution in [1.29, 1.82) is 0 Å². The van der Waals surface area contributed by atoms with Gasteiger partial charge in [0.2, 0.25) is 11.7 Å². The molecule has 1 N–H and O–H groups in total. The van der Waals surface area contributed by atoms with Crippen LogP contribution in [0, 0.1) is 0 Å². The Labute approximate surface area is 143 Å². The molecule has 0 bridgehead atoms. The van der Waals surface area contributed by atoms with Gasteiger partial charge in [-0.05, 0) is 18.6 Å². The molecule has 0 unspecified atom stereocenters. The van der Waals surface area contributed by atoms with Gasteiger partial charge in [-0.25, -0.2) is 14.5 Å². The number of fused-ring (bicyclic) bond motifs is 1. The molecule has 9 nitrogen and oxygen atoms in total. The van der Waals surface area contributed by atoms with Crippen LogP contribution >= 0.6 is 0 Å². The van der Waals surface area contributed by atoms with E-state index in [4.69, 9.17) is 9.47 Å². The van der Waals surface area contributed by atoms with Crippen LogP contribution in [-0.4, -0.2) is 55.8 Å². The number of carbonyl (C=O) groups is 1. The molecule has 4 rings (SSSR count). The molecule has 0 radical (unpaired) electrons. The van der Waals surface area contributed by atoms with E-state index in [0.29, 0.717) is 31.3 Å². The van der Waals surface area contributed by atoms with E-state index in [1.54, 1.807) is 30.7 Å². The topological polar surface area (TPSA) is 104 Å². The van der Waals surface area contributed by atoms with Crippen LogP contribution in [0.1, 0.15) is 17.0 Å².